The molecule has 6 heteroatoms. The van der Waals surface area contributed by atoms with Crippen LogP contribution in [0.5, 0.6) is 11.5 Å². The van der Waals surface area contributed by atoms with Crippen LogP contribution in [0.25, 0.3) is 0 Å². The molecule has 1 saturated heterocycles. The van der Waals surface area contributed by atoms with Crippen LogP contribution in [0.3, 0.4) is 0 Å². The van der Waals surface area contributed by atoms with Gasteiger partial charge in [-0.3, -0.25) is 4.79 Å². The minimum Gasteiger partial charge on any atom is -0.490 e. The van der Waals surface area contributed by atoms with Gasteiger partial charge in [0.2, 0.25) is 0 Å². The molecule has 0 bridgehead atoms. The molecule has 2 aromatic rings. The Bertz CT molecular complexity index is 707. The van der Waals surface area contributed by atoms with Crippen LogP contribution in [0.1, 0.15) is 37.0 Å². The Kier molecular flexibility index (Phi) is 6.15. The smallest absolute Gasteiger partial charge is 0.253 e. The van der Waals surface area contributed by atoms with E-state index in [1.165, 1.54) is 0 Å². The average molecular weight is 357 g/mol. The van der Waals surface area contributed by atoms with E-state index in [1.807, 2.05) is 43.4 Å². The van der Waals surface area contributed by atoms with E-state index >= 15 is 0 Å². The number of benzene rings is 1. The minimum absolute atomic E-state index is 0.0649. The summed E-state index contributed by atoms with van der Waals surface area (Å²) in [5, 5.41) is 0. The Balaban J connectivity index is 1.61. The number of carbonyl (C=O) groups excluding carboxylic acids is 1. The van der Waals surface area contributed by atoms with Gasteiger partial charge in [-0.15, -0.1) is 0 Å². The monoisotopic (exact) mass is 357 g/mol. The number of hydrogen-bond acceptors (Lipinski definition) is 4. The highest BCUT2D eigenvalue weighted by Crippen LogP contribution is 2.30. The van der Waals surface area contributed by atoms with Crippen molar-refractivity contribution in [3.05, 3.63) is 42.5 Å². The standard InChI is InChI=1S/C20H27N3O3/c1-3-25-18-6-5-17(13-19(18)26-4-2)20(24)23-10-7-16(8-11-23)14-22-12-9-21-15-22/h5-6,9,12-13,15-16H,3-4,7-8,10-11,14H2,1-2H3. The van der Waals surface area contributed by atoms with E-state index in [4.69, 9.17) is 9.47 Å². The van der Waals surface area contributed by atoms with Crippen molar-refractivity contribution in [3.8, 4) is 11.5 Å². The van der Waals surface area contributed by atoms with E-state index in [0.29, 0.717) is 36.2 Å². The Hall–Kier alpha value is -2.50. The van der Waals surface area contributed by atoms with Gasteiger partial charge in [-0.25, -0.2) is 4.98 Å². The number of imidazole rings is 1. The highest BCUT2D eigenvalue weighted by Gasteiger charge is 2.24. The second kappa shape index (κ2) is 8.74. The van der Waals surface area contributed by atoms with E-state index in [1.54, 1.807) is 12.3 Å². The van der Waals surface area contributed by atoms with Crippen molar-refractivity contribution in [1.82, 2.24) is 14.5 Å². The number of nitrogens with zero attached hydrogens (tertiary/aromatic N) is 3. The third-order valence-electron chi connectivity index (χ3n) is 4.72. The van der Waals surface area contributed by atoms with E-state index in [2.05, 4.69) is 9.55 Å². The molecule has 0 radical (unpaired) electrons. The summed E-state index contributed by atoms with van der Waals surface area (Å²) in [7, 11) is 0. The number of likely N-dealkylation sites (tertiary alicyclic amines) is 1. The molecule has 0 saturated carbocycles. The Morgan fingerprint density at radius 1 is 1.15 bits per heavy atom. The summed E-state index contributed by atoms with van der Waals surface area (Å²) < 4.78 is 13.3. The molecule has 0 N–H and O–H groups in total. The number of rotatable bonds is 7. The second-order valence-corrected chi connectivity index (χ2v) is 6.52. The summed E-state index contributed by atoms with van der Waals surface area (Å²) in [4.78, 5) is 18.9. The zero-order valence-corrected chi connectivity index (χ0v) is 15.6. The van der Waals surface area contributed by atoms with Gasteiger partial charge in [0.25, 0.3) is 5.91 Å². The number of carbonyl (C=O) groups is 1. The summed E-state index contributed by atoms with van der Waals surface area (Å²) in [5.74, 6) is 1.97. The van der Waals surface area contributed by atoms with Gasteiger partial charge in [-0.1, -0.05) is 0 Å². The van der Waals surface area contributed by atoms with Crippen molar-refractivity contribution >= 4 is 5.91 Å². The molecule has 1 aromatic heterocycles. The van der Waals surface area contributed by atoms with Crippen molar-refractivity contribution in [2.24, 2.45) is 5.92 Å². The van der Waals surface area contributed by atoms with Crippen molar-refractivity contribution in [2.45, 2.75) is 33.2 Å². The third kappa shape index (κ3) is 4.36. The molecular weight excluding hydrogens is 330 g/mol. The number of hydrogen-bond donors (Lipinski definition) is 0. The maximum absolute atomic E-state index is 12.9. The van der Waals surface area contributed by atoms with Crippen LogP contribution in [0.4, 0.5) is 0 Å². The fourth-order valence-electron chi connectivity index (χ4n) is 3.38. The lowest BCUT2D eigenvalue weighted by atomic mass is 9.96. The number of amides is 1. The first-order valence-electron chi connectivity index (χ1n) is 9.36. The first-order chi connectivity index (χ1) is 12.7. The maximum atomic E-state index is 12.9. The first kappa shape index (κ1) is 18.3. The molecule has 26 heavy (non-hydrogen) atoms. The minimum atomic E-state index is 0.0649. The van der Waals surface area contributed by atoms with Gasteiger partial charge in [0, 0.05) is 37.6 Å². The molecule has 0 spiro atoms. The fraction of sp³-hybridized carbons (Fsp3) is 0.500. The maximum Gasteiger partial charge on any atom is 0.253 e. The molecule has 1 aliphatic rings. The van der Waals surface area contributed by atoms with Crippen molar-refractivity contribution in [2.75, 3.05) is 26.3 Å². The molecular formula is C20H27N3O3. The normalized spacial score (nSPS) is 15.1. The summed E-state index contributed by atoms with van der Waals surface area (Å²) in [6, 6.07) is 5.45. The van der Waals surface area contributed by atoms with Gasteiger partial charge in [-0.05, 0) is 50.8 Å². The van der Waals surface area contributed by atoms with Crippen molar-refractivity contribution in [1.29, 1.82) is 0 Å². The van der Waals surface area contributed by atoms with Gasteiger partial charge in [0.15, 0.2) is 11.5 Å². The highest BCUT2D eigenvalue weighted by atomic mass is 16.5. The first-order valence-corrected chi connectivity index (χ1v) is 9.36. The van der Waals surface area contributed by atoms with Crippen LogP contribution in [0.15, 0.2) is 36.9 Å². The van der Waals surface area contributed by atoms with Gasteiger partial charge >= 0.3 is 0 Å². The molecule has 2 heterocycles. The molecule has 0 atom stereocenters. The number of ether oxygens (including phenoxy) is 2. The summed E-state index contributed by atoms with van der Waals surface area (Å²) >= 11 is 0. The topological polar surface area (TPSA) is 56.6 Å². The quantitative estimate of drug-likeness (QED) is 0.763. The molecule has 140 valence electrons. The zero-order chi connectivity index (χ0) is 18.4. The summed E-state index contributed by atoms with van der Waals surface area (Å²) in [6.07, 6.45) is 7.68. The average Bonchev–Trinajstić information content (AvgIpc) is 3.17. The summed E-state index contributed by atoms with van der Waals surface area (Å²) in [6.45, 7) is 7.51. The van der Waals surface area contributed by atoms with Gasteiger partial charge < -0.3 is 18.9 Å². The van der Waals surface area contributed by atoms with E-state index in [0.717, 1.165) is 32.5 Å². The van der Waals surface area contributed by atoms with Crippen LogP contribution < -0.4 is 9.47 Å². The lowest BCUT2D eigenvalue weighted by molar-refractivity contribution is 0.0682. The van der Waals surface area contributed by atoms with Crippen LogP contribution in [-0.4, -0.2) is 46.7 Å². The fourth-order valence-corrected chi connectivity index (χ4v) is 3.38. The predicted molar refractivity (Wildman–Crippen MR) is 99.6 cm³/mol. The van der Waals surface area contributed by atoms with Gasteiger partial charge in [0.1, 0.15) is 0 Å². The predicted octanol–water partition coefficient (Wildman–Crippen LogP) is 3.23. The number of piperidine rings is 1. The van der Waals surface area contributed by atoms with Crippen LogP contribution in [0.2, 0.25) is 0 Å². The molecule has 1 amide bonds. The number of aromatic nitrogens is 2. The largest absolute Gasteiger partial charge is 0.490 e. The van der Waals surface area contributed by atoms with E-state index in [-0.39, 0.29) is 5.91 Å². The van der Waals surface area contributed by atoms with Crippen LogP contribution in [0, 0.1) is 5.92 Å². The molecule has 1 fully saturated rings. The lowest BCUT2D eigenvalue weighted by Gasteiger charge is -2.32. The molecule has 3 rings (SSSR count). The summed E-state index contributed by atoms with van der Waals surface area (Å²) in [5.41, 5.74) is 0.657. The lowest BCUT2D eigenvalue weighted by Crippen LogP contribution is -2.39. The molecule has 1 aliphatic heterocycles. The Morgan fingerprint density at radius 2 is 1.88 bits per heavy atom. The SMILES string of the molecule is CCOc1ccc(C(=O)N2CCC(Cn3ccnc3)CC2)cc1OCC. The van der Waals surface area contributed by atoms with Crippen LogP contribution >= 0.6 is 0 Å². The van der Waals surface area contributed by atoms with E-state index < -0.39 is 0 Å². The van der Waals surface area contributed by atoms with Crippen molar-refractivity contribution < 1.29 is 14.3 Å². The second-order valence-electron chi connectivity index (χ2n) is 6.52. The van der Waals surface area contributed by atoms with Crippen molar-refractivity contribution in [3.63, 3.8) is 0 Å². The molecule has 0 unspecified atom stereocenters. The Morgan fingerprint density at radius 3 is 2.54 bits per heavy atom. The third-order valence-corrected chi connectivity index (χ3v) is 4.72. The van der Waals surface area contributed by atoms with Crippen LogP contribution in [-0.2, 0) is 6.54 Å². The zero-order valence-electron chi connectivity index (χ0n) is 15.6. The van der Waals surface area contributed by atoms with Gasteiger partial charge in [0.05, 0.1) is 19.5 Å². The molecule has 6 nitrogen and oxygen atoms in total. The molecule has 1 aromatic carbocycles. The van der Waals surface area contributed by atoms with Gasteiger partial charge in [-0.2, -0.15) is 0 Å². The molecule has 0 aliphatic carbocycles. The highest BCUT2D eigenvalue weighted by molar-refractivity contribution is 5.95. The van der Waals surface area contributed by atoms with E-state index in [9.17, 15) is 4.79 Å². The Labute approximate surface area is 154 Å².